The molecule has 4 heteroatoms. The molecule has 1 N–H and O–H groups in total. The Morgan fingerprint density at radius 3 is 2.67 bits per heavy atom. The molecule has 0 radical (unpaired) electrons. The highest BCUT2D eigenvalue weighted by molar-refractivity contribution is 14.1. The molecule has 0 aliphatic rings. The van der Waals surface area contributed by atoms with E-state index in [1.54, 1.807) is 0 Å². The number of hydrogen-bond donors (Lipinski definition) is 1. The van der Waals surface area contributed by atoms with Gasteiger partial charge in [0.2, 0.25) is 0 Å². The van der Waals surface area contributed by atoms with Gasteiger partial charge in [-0.1, -0.05) is 30.3 Å². The molecule has 0 amide bonds. The first-order valence-electron chi connectivity index (χ1n) is 5.66. The van der Waals surface area contributed by atoms with Crippen molar-refractivity contribution in [2.24, 2.45) is 0 Å². The maximum atomic E-state index is 5.40. The molecular weight excluding hydrogens is 355 g/mol. The largest absolute Gasteiger partial charge is 0.331 e. The molecule has 0 aliphatic carbocycles. The van der Waals surface area contributed by atoms with E-state index in [1.807, 2.05) is 6.07 Å². The van der Waals surface area contributed by atoms with Crippen LogP contribution in [0.1, 0.15) is 5.56 Å². The van der Waals surface area contributed by atoms with Crippen molar-refractivity contribution in [2.75, 3.05) is 0 Å². The second-order valence-corrected chi connectivity index (χ2v) is 5.80. The van der Waals surface area contributed by atoms with Crippen molar-refractivity contribution < 1.29 is 0 Å². The molecule has 0 atom stereocenters. The van der Waals surface area contributed by atoms with Gasteiger partial charge < -0.3 is 9.55 Å². The first-order valence-corrected chi connectivity index (χ1v) is 7.15. The van der Waals surface area contributed by atoms with Crippen molar-refractivity contribution in [2.45, 2.75) is 6.54 Å². The number of aromatic nitrogens is 2. The summed E-state index contributed by atoms with van der Waals surface area (Å²) in [7, 11) is 0. The number of rotatable bonds is 2. The van der Waals surface area contributed by atoms with Gasteiger partial charge in [-0.2, -0.15) is 0 Å². The van der Waals surface area contributed by atoms with Gasteiger partial charge in [0.15, 0.2) is 4.77 Å². The van der Waals surface area contributed by atoms with Gasteiger partial charge in [-0.15, -0.1) is 0 Å². The summed E-state index contributed by atoms with van der Waals surface area (Å²) >= 11 is 7.71. The smallest absolute Gasteiger partial charge is 0.178 e. The van der Waals surface area contributed by atoms with Crippen molar-refractivity contribution in [1.29, 1.82) is 0 Å². The van der Waals surface area contributed by atoms with Crippen LogP contribution in [0.2, 0.25) is 0 Å². The Kier molecular flexibility index (Phi) is 3.22. The van der Waals surface area contributed by atoms with Crippen molar-refractivity contribution in [3.8, 4) is 0 Å². The third-order valence-electron chi connectivity index (χ3n) is 2.92. The minimum atomic E-state index is 0.774. The molecule has 3 rings (SSSR count). The standard InChI is InChI=1S/C14H11IN2S/c15-11-6-7-13-12(8-11)16-14(18)17(13)9-10-4-2-1-3-5-10/h1-8H,9H2,(H,16,18). The van der Waals surface area contributed by atoms with Crippen molar-refractivity contribution in [3.05, 3.63) is 62.4 Å². The first kappa shape index (κ1) is 11.9. The van der Waals surface area contributed by atoms with E-state index in [-0.39, 0.29) is 0 Å². The molecule has 3 aromatic rings. The summed E-state index contributed by atoms with van der Waals surface area (Å²) in [6.07, 6.45) is 0. The van der Waals surface area contributed by atoms with Crippen LogP contribution in [0.5, 0.6) is 0 Å². The summed E-state index contributed by atoms with van der Waals surface area (Å²) < 4.78 is 4.12. The fourth-order valence-corrected chi connectivity index (χ4v) is 2.82. The summed E-state index contributed by atoms with van der Waals surface area (Å²) in [6, 6.07) is 16.7. The average Bonchev–Trinajstić information content (AvgIpc) is 2.66. The van der Waals surface area contributed by atoms with Crippen molar-refractivity contribution >= 4 is 45.8 Å². The Labute approximate surface area is 124 Å². The molecule has 0 fully saturated rings. The average molecular weight is 366 g/mol. The second-order valence-electron chi connectivity index (χ2n) is 4.16. The minimum Gasteiger partial charge on any atom is -0.331 e. The summed E-state index contributed by atoms with van der Waals surface area (Å²) in [5.41, 5.74) is 3.51. The lowest BCUT2D eigenvalue weighted by atomic mass is 10.2. The lowest BCUT2D eigenvalue weighted by Gasteiger charge is -2.04. The van der Waals surface area contributed by atoms with Gasteiger partial charge in [-0.25, -0.2) is 0 Å². The van der Waals surface area contributed by atoms with Crippen LogP contribution in [0.4, 0.5) is 0 Å². The molecule has 0 aliphatic heterocycles. The van der Waals surface area contributed by atoms with Crippen molar-refractivity contribution in [3.63, 3.8) is 0 Å². The van der Waals surface area contributed by atoms with Crippen LogP contribution in [-0.4, -0.2) is 9.55 Å². The van der Waals surface area contributed by atoms with Gasteiger partial charge in [0, 0.05) is 3.57 Å². The number of hydrogen-bond acceptors (Lipinski definition) is 1. The van der Waals surface area contributed by atoms with Crippen LogP contribution in [0.25, 0.3) is 11.0 Å². The summed E-state index contributed by atoms with van der Waals surface area (Å²) in [5, 5.41) is 0. The number of H-pyrrole nitrogens is 1. The van der Waals surface area contributed by atoms with Gasteiger partial charge in [0.1, 0.15) is 0 Å². The summed E-state index contributed by atoms with van der Waals surface area (Å²) in [5.74, 6) is 0. The summed E-state index contributed by atoms with van der Waals surface area (Å²) in [6.45, 7) is 0.806. The highest BCUT2D eigenvalue weighted by Gasteiger charge is 2.05. The molecule has 0 saturated carbocycles. The first-order chi connectivity index (χ1) is 8.74. The molecule has 1 heterocycles. The topological polar surface area (TPSA) is 20.7 Å². The van der Waals surface area contributed by atoms with E-state index in [9.17, 15) is 0 Å². The van der Waals surface area contributed by atoms with Gasteiger partial charge >= 0.3 is 0 Å². The lowest BCUT2D eigenvalue weighted by Crippen LogP contribution is -1.99. The molecule has 2 aromatic carbocycles. The van der Waals surface area contributed by atoms with Crippen LogP contribution in [-0.2, 0) is 6.54 Å². The van der Waals surface area contributed by atoms with Gasteiger partial charge in [0.25, 0.3) is 0 Å². The Morgan fingerprint density at radius 1 is 1.11 bits per heavy atom. The van der Waals surface area contributed by atoms with Gasteiger partial charge in [-0.3, -0.25) is 0 Å². The minimum absolute atomic E-state index is 0.774. The van der Waals surface area contributed by atoms with E-state index in [1.165, 1.54) is 9.13 Å². The maximum Gasteiger partial charge on any atom is 0.178 e. The predicted octanol–water partition coefficient (Wildman–Crippen LogP) is 4.35. The Hall–Kier alpha value is -1.14. The molecule has 0 bridgehead atoms. The highest BCUT2D eigenvalue weighted by Crippen LogP contribution is 2.18. The van der Waals surface area contributed by atoms with E-state index in [4.69, 9.17) is 12.2 Å². The van der Waals surface area contributed by atoms with Crippen LogP contribution in [0.15, 0.2) is 48.5 Å². The molecule has 0 unspecified atom stereocenters. The highest BCUT2D eigenvalue weighted by atomic mass is 127. The lowest BCUT2D eigenvalue weighted by molar-refractivity contribution is 0.810. The van der Waals surface area contributed by atoms with Gasteiger partial charge in [0.05, 0.1) is 17.6 Å². The third-order valence-corrected chi connectivity index (χ3v) is 3.91. The normalized spacial score (nSPS) is 10.9. The molecule has 1 aromatic heterocycles. The SMILES string of the molecule is S=c1[nH]c2cc(I)ccc2n1Cc1ccccc1. The zero-order valence-electron chi connectivity index (χ0n) is 9.56. The fourth-order valence-electron chi connectivity index (χ4n) is 2.06. The van der Waals surface area contributed by atoms with Crippen LogP contribution < -0.4 is 0 Å². The zero-order valence-corrected chi connectivity index (χ0v) is 12.5. The van der Waals surface area contributed by atoms with E-state index in [0.29, 0.717) is 0 Å². The molecule has 0 spiro atoms. The number of halogens is 1. The molecule has 0 saturated heterocycles. The number of aromatic amines is 1. The molecular formula is C14H11IN2S. The van der Waals surface area contributed by atoms with Gasteiger partial charge in [-0.05, 0) is 58.6 Å². The Morgan fingerprint density at radius 2 is 1.89 bits per heavy atom. The predicted molar refractivity (Wildman–Crippen MR) is 85.4 cm³/mol. The third kappa shape index (κ3) is 2.22. The van der Waals surface area contributed by atoms with Crippen LogP contribution in [0, 0.1) is 8.34 Å². The monoisotopic (exact) mass is 366 g/mol. The van der Waals surface area contributed by atoms with Crippen LogP contribution >= 0.6 is 34.8 Å². The van der Waals surface area contributed by atoms with E-state index < -0.39 is 0 Å². The zero-order chi connectivity index (χ0) is 12.5. The number of imidazole rings is 1. The molecule has 18 heavy (non-hydrogen) atoms. The fraction of sp³-hybridized carbons (Fsp3) is 0.0714. The number of nitrogens with zero attached hydrogens (tertiary/aromatic N) is 1. The summed E-state index contributed by atoms with van der Waals surface area (Å²) in [4.78, 5) is 3.26. The molecule has 2 nitrogen and oxygen atoms in total. The number of nitrogens with one attached hydrogen (secondary N) is 1. The quantitative estimate of drug-likeness (QED) is 0.528. The Balaban J connectivity index is 2.12. The van der Waals surface area contributed by atoms with E-state index >= 15 is 0 Å². The maximum absolute atomic E-state index is 5.40. The van der Waals surface area contributed by atoms with Crippen molar-refractivity contribution in [1.82, 2.24) is 9.55 Å². The Bertz CT molecular complexity index is 743. The number of fused-ring (bicyclic) bond motifs is 1. The van der Waals surface area contributed by atoms with E-state index in [0.717, 1.165) is 22.3 Å². The molecule has 90 valence electrons. The number of benzene rings is 2. The van der Waals surface area contributed by atoms with E-state index in [2.05, 4.69) is 74.6 Å². The second kappa shape index (κ2) is 4.85. The van der Waals surface area contributed by atoms with Crippen LogP contribution in [0.3, 0.4) is 0 Å².